The van der Waals surface area contributed by atoms with Gasteiger partial charge in [0.25, 0.3) is 0 Å². The van der Waals surface area contributed by atoms with Gasteiger partial charge in [-0.3, -0.25) is 4.79 Å². The summed E-state index contributed by atoms with van der Waals surface area (Å²) in [5.74, 6) is -0.380. The zero-order chi connectivity index (χ0) is 17.5. The number of carbonyl (C=O) groups excluding carboxylic acids is 1. The molecule has 2 aromatic rings. The summed E-state index contributed by atoms with van der Waals surface area (Å²) in [5.41, 5.74) is 1.67. The molecule has 1 aliphatic rings. The fourth-order valence-electron chi connectivity index (χ4n) is 3.36. The van der Waals surface area contributed by atoms with Gasteiger partial charge >= 0.3 is 0 Å². The molecule has 0 spiro atoms. The van der Waals surface area contributed by atoms with Gasteiger partial charge in [-0.2, -0.15) is 0 Å². The number of benzene rings is 2. The highest BCUT2D eigenvalue weighted by molar-refractivity contribution is 5.87. The van der Waals surface area contributed by atoms with Crippen LogP contribution in [0.3, 0.4) is 0 Å². The number of amides is 1. The largest absolute Gasteiger partial charge is 0.396 e. The minimum absolute atomic E-state index is 0.0308. The van der Waals surface area contributed by atoms with Crippen LogP contribution in [0.5, 0.6) is 0 Å². The number of hydrogen-bond donors (Lipinski definition) is 2. The number of ether oxygens (including phenoxy) is 1. The summed E-state index contributed by atoms with van der Waals surface area (Å²) in [6.45, 7) is 1.81. The fourth-order valence-corrected chi connectivity index (χ4v) is 3.36. The third-order valence-corrected chi connectivity index (χ3v) is 5.05. The maximum atomic E-state index is 13.0. The Morgan fingerprint density at radius 1 is 1.00 bits per heavy atom. The van der Waals surface area contributed by atoms with Crippen LogP contribution in [0.2, 0.25) is 0 Å². The predicted molar refractivity (Wildman–Crippen MR) is 97.3 cm³/mol. The topological polar surface area (TPSA) is 58.6 Å². The fraction of sp³-hybridized carbons (Fsp3) is 0.381. The Balaban J connectivity index is 1.78. The van der Waals surface area contributed by atoms with Gasteiger partial charge in [-0.15, -0.1) is 0 Å². The van der Waals surface area contributed by atoms with Gasteiger partial charge in [0.1, 0.15) is 0 Å². The molecule has 1 amide bonds. The highest BCUT2D eigenvalue weighted by Gasteiger charge is 2.33. The van der Waals surface area contributed by atoms with Crippen molar-refractivity contribution in [1.82, 2.24) is 5.32 Å². The quantitative estimate of drug-likeness (QED) is 0.851. The maximum Gasteiger partial charge on any atom is 0.232 e. The van der Waals surface area contributed by atoms with Crippen molar-refractivity contribution < 1.29 is 14.6 Å². The van der Waals surface area contributed by atoms with E-state index in [2.05, 4.69) is 5.32 Å². The number of aliphatic hydroxyl groups excluding tert-OH is 1. The molecule has 0 unspecified atom stereocenters. The summed E-state index contributed by atoms with van der Waals surface area (Å²) in [7, 11) is 0. The van der Waals surface area contributed by atoms with Crippen LogP contribution in [0.4, 0.5) is 0 Å². The van der Waals surface area contributed by atoms with Crippen molar-refractivity contribution in [3.05, 3.63) is 71.8 Å². The van der Waals surface area contributed by atoms with E-state index in [9.17, 15) is 9.90 Å². The molecule has 4 nitrogen and oxygen atoms in total. The molecule has 0 bridgehead atoms. The van der Waals surface area contributed by atoms with Gasteiger partial charge in [-0.25, -0.2) is 0 Å². The summed E-state index contributed by atoms with van der Waals surface area (Å²) in [6, 6.07) is 19.6. The zero-order valence-corrected chi connectivity index (χ0v) is 14.4. The molecule has 1 fully saturated rings. The first-order valence-corrected chi connectivity index (χ1v) is 8.80. The average Bonchev–Trinajstić information content (AvgIpc) is 2.69. The Kier molecular flexibility index (Phi) is 5.84. The molecular weight excluding hydrogens is 314 g/mol. The van der Waals surface area contributed by atoms with Crippen LogP contribution in [0.1, 0.15) is 29.9 Å². The van der Waals surface area contributed by atoms with E-state index in [1.54, 1.807) is 0 Å². The van der Waals surface area contributed by atoms with Crippen LogP contribution in [-0.4, -0.2) is 37.4 Å². The van der Waals surface area contributed by atoms with Gasteiger partial charge < -0.3 is 15.2 Å². The van der Waals surface area contributed by atoms with Crippen molar-refractivity contribution in [3.63, 3.8) is 0 Å². The molecule has 1 aliphatic heterocycles. The summed E-state index contributed by atoms with van der Waals surface area (Å²) >= 11 is 0. The van der Waals surface area contributed by atoms with Gasteiger partial charge in [-0.05, 0) is 24.0 Å². The van der Waals surface area contributed by atoms with Crippen molar-refractivity contribution >= 4 is 5.91 Å². The van der Waals surface area contributed by atoms with Gasteiger partial charge in [0.2, 0.25) is 5.91 Å². The Morgan fingerprint density at radius 3 is 2.00 bits per heavy atom. The number of aliphatic hydroxyl groups is 1. The Labute approximate surface area is 148 Å². The summed E-state index contributed by atoms with van der Waals surface area (Å²) in [5, 5.41) is 12.9. The summed E-state index contributed by atoms with van der Waals surface area (Å²) in [4.78, 5) is 13.0. The van der Waals surface area contributed by atoms with Crippen molar-refractivity contribution in [2.45, 2.75) is 18.8 Å². The average molecular weight is 339 g/mol. The molecule has 132 valence electrons. The minimum atomic E-state index is -0.349. The van der Waals surface area contributed by atoms with Crippen LogP contribution in [0.15, 0.2) is 60.7 Å². The van der Waals surface area contributed by atoms with E-state index in [1.165, 1.54) is 0 Å². The van der Waals surface area contributed by atoms with E-state index in [0.717, 1.165) is 24.0 Å². The number of rotatable bonds is 6. The maximum absolute atomic E-state index is 13.0. The molecule has 2 N–H and O–H groups in total. The Hall–Kier alpha value is -2.17. The first-order valence-electron chi connectivity index (χ1n) is 8.80. The van der Waals surface area contributed by atoms with E-state index in [1.807, 2.05) is 60.7 Å². The zero-order valence-electron chi connectivity index (χ0n) is 14.4. The lowest BCUT2D eigenvalue weighted by molar-refractivity contribution is -0.123. The molecule has 4 heteroatoms. The summed E-state index contributed by atoms with van der Waals surface area (Å²) < 4.78 is 5.40. The highest BCUT2D eigenvalue weighted by atomic mass is 16.5. The van der Waals surface area contributed by atoms with Crippen LogP contribution in [0, 0.1) is 5.41 Å². The second-order valence-corrected chi connectivity index (χ2v) is 6.74. The van der Waals surface area contributed by atoms with E-state index >= 15 is 0 Å². The second-order valence-electron chi connectivity index (χ2n) is 6.74. The van der Waals surface area contributed by atoms with Crippen molar-refractivity contribution in [2.75, 3.05) is 26.4 Å². The first-order chi connectivity index (χ1) is 12.2. The Bertz CT molecular complexity index is 627. The Morgan fingerprint density at radius 2 is 1.52 bits per heavy atom. The van der Waals surface area contributed by atoms with Crippen molar-refractivity contribution in [3.8, 4) is 0 Å². The van der Waals surface area contributed by atoms with Gasteiger partial charge in [-0.1, -0.05) is 60.7 Å². The molecule has 2 aromatic carbocycles. The predicted octanol–water partition coefficient (Wildman–Crippen LogP) is 2.72. The standard InChI is InChI=1S/C21H25NO3/c23-16-21(11-13-25-14-12-21)15-22-20(24)19(17-7-3-1-4-8-17)18-9-5-2-6-10-18/h1-10,19,23H,11-16H2,(H,22,24). The molecule has 3 rings (SSSR count). The van der Waals surface area contributed by atoms with E-state index < -0.39 is 0 Å². The van der Waals surface area contributed by atoms with Gasteiger partial charge in [0.15, 0.2) is 0 Å². The monoisotopic (exact) mass is 339 g/mol. The molecule has 25 heavy (non-hydrogen) atoms. The van der Waals surface area contributed by atoms with E-state index in [-0.39, 0.29) is 23.8 Å². The van der Waals surface area contributed by atoms with Crippen LogP contribution < -0.4 is 5.32 Å². The minimum Gasteiger partial charge on any atom is -0.396 e. The third kappa shape index (κ3) is 4.27. The van der Waals surface area contributed by atoms with Crippen LogP contribution in [0.25, 0.3) is 0 Å². The van der Waals surface area contributed by atoms with Gasteiger partial charge in [0, 0.05) is 25.2 Å². The number of carbonyl (C=O) groups is 1. The second kappa shape index (κ2) is 8.28. The molecule has 1 heterocycles. The molecule has 1 saturated heterocycles. The lowest BCUT2D eigenvalue weighted by atomic mass is 9.80. The van der Waals surface area contributed by atoms with Gasteiger partial charge in [0.05, 0.1) is 12.5 Å². The molecule has 0 radical (unpaired) electrons. The molecule has 0 aromatic heterocycles. The first kappa shape index (κ1) is 17.6. The van der Waals surface area contributed by atoms with E-state index in [4.69, 9.17) is 4.74 Å². The third-order valence-electron chi connectivity index (χ3n) is 5.05. The normalized spacial score (nSPS) is 16.6. The highest BCUT2D eigenvalue weighted by Crippen LogP contribution is 2.30. The molecule has 0 atom stereocenters. The van der Waals surface area contributed by atoms with E-state index in [0.29, 0.717) is 19.8 Å². The lowest BCUT2D eigenvalue weighted by Gasteiger charge is -2.36. The molecule has 0 saturated carbocycles. The smallest absolute Gasteiger partial charge is 0.232 e. The van der Waals surface area contributed by atoms with Crippen LogP contribution in [-0.2, 0) is 9.53 Å². The summed E-state index contributed by atoms with van der Waals surface area (Å²) in [6.07, 6.45) is 1.54. The number of hydrogen-bond acceptors (Lipinski definition) is 3. The van der Waals surface area contributed by atoms with Crippen molar-refractivity contribution in [2.24, 2.45) is 5.41 Å². The SMILES string of the molecule is O=C(NCC1(CO)CCOCC1)C(c1ccccc1)c1ccccc1. The molecule has 0 aliphatic carbocycles. The lowest BCUT2D eigenvalue weighted by Crippen LogP contribution is -2.45. The van der Waals surface area contributed by atoms with Crippen LogP contribution >= 0.6 is 0 Å². The molecular formula is C21H25NO3. The number of nitrogens with one attached hydrogen (secondary N) is 1. The van der Waals surface area contributed by atoms with Crippen molar-refractivity contribution in [1.29, 1.82) is 0 Å².